The molecule has 3 aromatic rings. The first-order valence-electron chi connectivity index (χ1n) is 6.44. The molecule has 0 aliphatic carbocycles. The summed E-state index contributed by atoms with van der Waals surface area (Å²) in [5.41, 5.74) is 0.687. The third-order valence-corrected chi connectivity index (χ3v) is 5.04. The van der Waals surface area contributed by atoms with Crippen LogP contribution in [-0.4, -0.2) is 16.0 Å². The van der Waals surface area contributed by atoms with Crippen LogP contribution >= 0.6 is 46.8 Å². The molecule has 2 N–H and O–H groups in total. The Morgan fingerprint density at radius 3 is 2.83 bits per heavy atom. The molecule has 23 heavy (non-hydrogen) atoms. The average Bonchev–Trinajstić information content (AvgIpc) is 2.84. The molecule has 4 nitrogen and oxygen atoms in total. The van der Waals surface area contributed by atoms with Gasteiger partial charge in [-0.05, 0) is 36.5 Å². The minimum absolute atomic E-state index is 0.176. The summed E-state index contributed by atoms with van der Waals surface area (Å²) >= 11 is 18.6. The van der Waals surface area contributed by atoms with Crippen molar-refractivity contribution in [1.82, 2.24) is 10.3 Å². The summed E-state index contributed by atoms with van der Waals surface area (Å²) in [6, 6.07) is 8.86. The van der Waals surface area contributed by atoms with Crippen LogP contribution in [0.2, 0.25) is 10.0 Å². The first-order valence-corrected chi connectivity index (χ1v) is 8.42. The minimum atomic E-state index is -0.367. The molecule has 0 atom stereocenters. The quantitative estimate of drug-likeness (QED) is 0.630. The van der Waals surface area contributed by atoms with Crippen molar-refractivity contribution in [2.75, 3.05) is 5.32 Å². The van der Waals surface area contributed by atoms with E-state index in [0.717, 1.165) is 10.1 Å². The van der Waals surface area contributed by atoms with E-state index < -0.39 is 0 Å². The second-order valence-corrected chi connectivity index (χ2v) is 6.81. The van der Waals surface area contributed by atoms with Gasteiger partial charge >= 0.3 is 0 Å². The third kappa shape index (κ3) is 3.61. The summed E-state index contributed by atoms with van der Waals surface area (Å²) < 4.78 is 0.846. The number of fused-ring (bicyclic) bond motifs is 1. The van der Waals surface area contributed by atoms with Gasteiger partial charge in [-0.1, -0.05) is 29.3 Å². The number of halogens is 2. The summed E-state index contributed by atoms with van der Waals surface area (Å²) in [6.07, 6.45) is 3.25. The van der Waals surface area contributed by atoms with E-state index >= 15 is 0 Å². The lowest BCUT2D eigenvalue weighted by atomic mass is 10.2. The number of hydrogen-bond acceptors (Lipinski definition) is 4. The molecule has 0 unspecified atom stereocenters. The molecule has 1 aromatic carbocycles. The van der Waals surface area contributed by atoms with Gasteiger partial charge in [-0.25, -0.2) is 0 Å². The monoisotopic (exact) mass is 381 g/mol. The predicted octanol–water partition coefficient (Wildman–Crippen LogP) is 4.73. The lowest BCUT2D eigenvalue weighted by Crippen LogP contribution is -2.33. The van der Waals surface area contributed by atoms with E-state index in [1.165, 1.54) is 11.3 Å². The Kier molecular flexibility index (Phi) is 4.77. The van der Waals surface area contributed by atoms with Gasteiger partial charge in [-0.2, -0.15) is 0 Å². The highest BCUT2D eigenvalue weighted by Crippen LogP contribution is 2.36. The summed E-state index contributed by atoms with van der Waals surface area (Å²) in [4.78, 5) is 16.7. The molecule has 0 fully saturated rings. The Morgan fingerprint density at radius 2 is 2.09 bits per heavy atom. The maximum Gasteiger partial charge on any atom is 0.269 e. The first-order chi connectivity index (χ1) is 11.0. The molecule has 116 valence electrons. The number of pyridine rings is 1. The van der Waals surface area contributed by atoms with E-state index in [9.17, 15) is 4.79 Å². The van der Waals surface area contributed by atoms with Crippen LogP contribution in [0, 0.1) is 0 Å². The summed E-state index contributed by atoms with van der Waals surface area (Å²) in [7, 11) is 0. The van der Waals surface area contributed by atoms with E-state index in [2.05, 4.69) is 15.6 Å². The highest BCUT2D eigenvalue weighted by Gasteiger charge is 2.18. The van der Waals surface area contributed by atoms with Crippen molar-refractivity contribution in [2.24, 2.45) is 0 Å². The van der Waals surface area contributed by atoms with E-state index in [1.54, 1.807) is 42.7 Å². The fourth-order valence-corrected chi connectivity index (χ4v) is 3.84. The number of rotatable bonds is 2. The SMILES string of the molecule is O=C(NC(=S)Nc1cccnc1)c1sc2cc(Cl)ccc2c1Cl. The normalized spacial score (nSPS) is 10.5. The van der Waals surface area contributed by atoms with Crippen LogP contribution in [0.5, 0.6) is 0 Å². The molecule has 8 heteroatoms. The van der Waals surface area contributed by atoms with Crippen LogP contribution in [0.15, 0.2) is 42.7 Å². The number of carbonyl (C=O) groups is 1. The van der Waals surface area contributed by atoms with Gasteiger partial charge in [0, 0.05) is 21.3 Å². The fourth-order valence-electron chi connectivity index (χ4n) is 1.94. The van der Waals surface area contributed by atoms with Crippen LogP contribution < -0.4 is 10.6 Å². The molecular formula is C15H9Cl2N3OS2. The molecule has 0 aliphatic rings. The van der Waals surface area contributed by atoms with E-state index in [4.69, 9.17) is 35.4 Å². The van der Waals surface area contributed by atoms with E-state index in [0.29, 0.717) is 20.6 Å². The van der Waals surface area contributed by atoms with Crippen molar-refractivity contribution in [2.45, 2.75) is 0 Å². The lowest BCUT2D eigenvalue weighted by molar-refractivity contribution is 0.0982. The van der Waals surface area contributed by atoms with Gasteiger partial charge in [-0.15, -0.1) is 11.3 Å². The Labute approximate surface area is 151 Å². The van der Waals surface area contributed by atoms with Gasteiger partial charge in [0.2, 0.25) is 0 Å². The highest BCUT2D eigenvalue weighted by molar-refractivity contribution is 7.80. The first kappa shape index (κ1) is 16.1. The number of thiocarbonyl (C=S) groups is 1. The number of nitrogens with zero attached hydrogens (tertiary/aromatic N) is 1. The maximum atomic E-state index is 12.4. The Hall–Kier alpha value is -1.73. The van der Waals surface area contributed by atoms with Crippen LogP contribution in [0.4, 0.5) is 5.69 Å². The van der Waals surface area contributed by atoms with Gasteiger partial charge in [0.05, 0.1) is 16.9 Å². The lowest BCUT2D eigenvalue weighted by Gasteiger charge is -2.08. The van der Waals surface area contributed by atoms with E-state index in [-0.39, 0.29) is 11.0 Å². The molecule has 0 bridgehead atoms. The zero-order chi connectivity index (χ0) is 16.4. The van der Waals surface area contributed by atoms with Crippen molar-refractivity contribution >= 4 is 73.5 Å². The zero-order valence-electron chi connectivity index (χ0n) is 11.5. The molecule has 0 saturated carbocycles. The standard InChI is InChI=1S/C15H9Cl2N3OS2/c16-8-3-4-10-11(6-8)23-13(12(10)17)14(21)20-15(22)19-9-2-1-5-18-7-9/h1-7H,(H2,19,20,21,22). The molecule has 2 heterocycles. The third-order valence-electron chi connectivity index (χ3n) is 2.94. The Bertz CT molecular complexity index is 896. The molecule has 0 aliphatic heterocycles. The maximum absolute atomic E-state index is 12.4. The second-order valence-electron chi connectivity index (χ2n) is 4.54. The molecular weight excluding hydrogens is 373 g/mol. The number of thiophene rings is 1. The van der Waals surface area contributed by atoms with Crippen molar-refractivity contribution in [3.63, 3.8) is 0 Å². The fraction of sp³-hybridized carbons (Fsp3) is 0. The predicted molar refractivity (Wildman–Crippen MR) is 99.8 cm³/mol. The molecule has 0 spiro atoms. The number of nitrogens with one attached hydrogen (secondary N) is 2. The smallest absolute Gasteiger partial charge is 0.269 e. The largest absolute Gasteiger partial charge is 0.331 e. The number of amides is 1. The van der Waals surface area contributed by atoms with Crippen LogP contribution in [0.3, 0.4) is 0 Å². The average molecular weight is 382 g/mol. The molecule has 0 saturated heterocycles. The van der Waals surface area contributed by atoms with Crippen molar-refractivity contribution in [1.29, 1.82) is 0 Å². The van der Waals surface area contributed by atoms with Crippen LogP contribution in [-0.2, 0) is 0 Å². The van der Waals surface area contributed by atoms with Gasteiger partial charge in [0.1, 0.15) is 4.88 Å². The molecule has 0 radical (unpaired) electrons. The highest BCUT2D eigenvalue weighted by atomic mass is 35.5. The Morgan fingerprint density at radius 1 is 1.26 bits per heavy atom. The van der Waals surface area contributed by atoms with Crippen molar-refractivity contribution in [3.8, 4) is 0 Å². The van der Waals surface area contributed by atoms with Crippen molar-refractivity contribution < 1.29 is 4.79 Å². The molecule has 2 aromatic heterocycles. The van der Waals surface area contributed by atoms with Gasteiger partial charge in [-0.3, -0.25) is 15.1 Å². The van der Waals surface area contributed by atoms with Crippen molar-refractivity contribution in [3.05, 3.63) is 57.6 Å². The van der Waals surface area contributed by atoms with Crippen LogP contribution in [0.1, 0.15) is 9.67 Å². The summed E-state index contributed by atoms with van der Waals surface area (Å²) in [6.45, 7) is 0. The molecule has 3 rings (SSSR count). The summed E-state index contributed by atoms with van der Waals surface area (Å²) in [5.74, 6) is -0.367. The van der Waals surface area contributed by atoms with Gasteiger partial charge in [0.25, 0.3) is 5.91 Å². The number of benzene rings is 1. The topological polar surface area (TPSA) is 54.0 Å². The second kappa shape index (κ2) is 6.80. The summed E-state index contributed by atoms with van der Waals surface area (Å²) in [5, 5.41) is 7.44. The number of hydrogen-bond donors (Lipinski definition) is 2. The minimum Gasteiger partial charge on any atom is -0.331 e. The Balaban J connectivity index is 1.78. The number of carbonyl (C=O) groups excluding carboxylic acids is 1. The molecule has 1 amide bonds. The number of anilines is 1. The van der Waals surface area contributed by atoms with Crippen LogP contribution in [0.25, 0.3) is 10.1 Å². The van der Waals surface area contributed by atoms with Gasteiger partial charge < -0.3 is 5.32 Å². The van der Waals surface area contributed by atoms with E-state index in [1.807, 2.05) is 0 Å². The van der Waals surface area contributed by atoms with Gasteiger partial charge in [0.15, 0.2) is 5.11 Å². The number of aromatic nitrogens is 1. The zero-order valence-corrected chi connectivity index (χ0v) is 14.6.